The Morgan fingerprint density at radius 3 is 1.94 bits per heavy atom. The van der Waals surface area contributed by atoms with Crippen molar-refractivity contribution in [2.45, 2.75) is 54.4 Å². The summed E-state index contributed by atoms with van der Waals surface area (Å²) in [7, 11) is 0. The average Bonchev–Trinajstić information content (AvgIpc) is 2.15. The molecule has 0 N–H and O–H groups in total. The third-order valence-corrected chi connectivity index (χ3v) is 3.29. The number of ketones is 1. The number of carbonyl (C=O) groups is 1. The summed E-state index contributed by atoms with van der Waals surface area (Å²) in [6.07, 6.45) is 1.66. The molecule has 1 nitrogen and oxygen atoms in total. The van der Waals surface area contributed by atoms with E-state index in [2.05, 4.69) is 41.5 Å². The van der Waals surface area contributed by atoms with Crippen molar-refractivity contribution < 1.29 is 4.79 Å². The molecule has 1 rings (SSSR count). The molecule has 0 spiro atoms. The molecule has 0 heterocycles. The van der Waals surface area contributed by atoms with Gasteiger partial charge in [0.2, 0.25) is 0 Å². The lowest BCUT2D eigenvalue weighted by Crippen LogP contribution is -2.20. The minimum Gasteiger partial charge on any atom is -0.294 e. The van der Waals surface area contributed by atoms with Crippen LogP contribution in [0, 0.1) is 11.8 Å². The SMILES string of the molecule is CC(C)=C1C(=O)CCC(C(C)C)=C1C(C)C. The number of rotatable bonds is 2. The lowest BCUT2D eigenvalue weighted by molar-refractivity contribution is -0.115. The van der Waals surface area contributed by atoms with E-state index in [9.17, 15) is 4.79 Å². The molecule has 1 heteroatoms. The first-order valence-electron chi connectivity index (χ1n) is 6.30. The summed E-state index contributed by atoms with van der Waals surface area (Å²) < 4.78 is 0. The zero-order valence-corrected chi connectivity index (χ0v) is 11.5. The Hall–Kier alpha value is -0.850. The second kappa shape index (κ2) is 4.99. The fraction of sp³-hybridized carbons (Fsp3) is 0.667. The maximum atomic E-state index is 12.0. The molecule has 0 aromatic heterocycles. The lowest BCUT2D eigenvalue weighted by atomic mass is 9.76. The highest BCUT2D eigenvalue weighted by Crippen LogP contribution is 2.37. The van der Waals surface area contributed by atoms with Crippen molar-refractivity contribution in [1.82, 2.24) is 0 Å². The minimum atomic E-state index is 0.341. The Bertz CT molecular complexity index is 350. The quantitative estimate of drug-likeness (QED) is 0.634. The summed E-state index contributed by atoms with van der Waals surface area (Å²) in [6, 6.07) is 0. The fourth-order valence-corrected chi connectivity index (χ4v) is 2.63. The van der Waals surface area contributed by atoms with Crippen LogP contribution in [0.4, 0.5) is 0 Å². The fourth-order valence-electron chi connectivity index (χ4n) is 2.63. The number of Topliss-reactive ketones (excluding diaryl/α,β-unsaturated/α-hetero) is 1. The first kappa shape index (κ1) is 13.2. The molecule has 0 aromatic carbocycles. The van der Waals surface area contributed by atoms with E-state index in [0.717, 1.165) is 12.0 Å². The van der Waals surface area contributed by atoms with Crippen LogP contribution in [0.1, 0.15) is 54.4 Å². The second-order valence-electron chi connectivity index (χ2n) is 5.55. The van der Waals surface area contributed by atoms with E-state index in [0.29, 0.717) is 24.0 Å². The summed E-state index contributed by atoms with van der Waals surface area (Å²) >= 11 is 0. The summed E-state index contributed by atoms with van der Waals surface area (Å²) in [4.78, 5) is 12.0. The van der Waals surface area contributed by atoms with Gasteiger partial charge in [-0.15, -0.1) is 0 Å². The molecule has 0 aromatic rings. The Morgan fingerprint density at radius 2 is 1.56 bits per heavy atom. The van der Waals surface area contributed by atoms with Crippen LogP contribution < -0.4 is 0 Å². The average molecular weight is 220 g/mol. The number of carbonyl (C=O) groups excluding carboxylic acids is 1. The summed E-state index contributed by atoms with van der Waals surface area (Å²) in [5, 5.41) is 0. The highest BCUT2D eigenvalue weighted by molar-refractivity contribution is 6.01. The van der Waals surface area contributed by atoms with Crippen LogP contribution in [-0.2, 0) is 4.79 Å². The molecule has 1 aliphatic rings. The summed E-state index contributed by atoms with van der Waals surface area (Å²) in [6.45, 7) is 13.0. The molecule has 0 saturated carbocycles. The normalized spacial score (nSPS) is 17.8. The smallest absolute Gasteiger partial charge is 0.163 e. The molecule has 0 bridgehead atoms. The van der Waals surface area contributed by atoms with Crippen molar-refractivity contribution in [1.29, 1.82) is 0 Å². The highest BCUT2D eigenvalue weighted by Gasteiger charge is 2.27. The second-order valence-corrected chi connectivity index (χ2v) is 5.55. The lowest BCUT2D eigenvalue weighted by Gasteiger charge is -2.28. The maximum Gasteiger partial charge on any atom is 0.163 e. The molecular formula is C15H24O. The first-order valence-corrected chi connectivity index (χ1v) is 6.30. The number of allylic oxidation sites excluding steroid dienone is 4. The highest BCUT2D eigenvalue weighted by atomic mass is 16.1. The molecule has 0 radical (unpaired) electrons. The van der Waals surface area contributed by atoms with E-state index in [-0.39, 0.29) is 0 Å². The summed E-state index contributed by atoms with van der Waals surface area (Å²) in [5.74, 6) is 1.35. The molecule has 0 saturated heterocycles. The molecule has 1 aliphatic carbocycles. The molecule has 0 fully saturated rings. The van der Waals surface area contributed by atoms with Gasteiger partial charge in [-0.1, -0.05) is 38.8 Å². The van der Waals surface area contributed by atoms with Crippen molar-refractivity contribution in [3.63, 3.8) is 0 Å². The van der Waals surface area contributed by atoms with E-state index < -0.39 is 0 Å². The van der Waals surface area contributed by atoms with Crippen molar-refractivity contribution in [2.75, 3.05) is 0 Å². The van der Waals surface area contributed by atoms with Gasteiger partial charge in [0, 0.05) is 12.0 Å². The van der Waals surface area contributed by atoms with Crippen molar-refractivity contribution in [3.8, 4) is 0 Å². The van der Waals surface area contributed by atoms with Gasteiger partial charge in [-0.2, -0.15) is 0 Å². The summed E-state index contributed by atoms with van der Waals surface area (Å²) in [5.41, 5.74) is 5.01. The van der Waals surface area contributed by atoms with Crippen LogP contribution in [0.15, 0.2) is 22.3 Å². The van der Waals surface area contributed by atoms with Crippen LogP contribution in [0.5, 0.6) is 0 Å². The molecule has 0 aliphatic heterocycles. The minimum absolute atomic E-state index is 0.341. The van der Waals surface area contributed by atoms with Gasteiger partial charge in [-0.25, -0.2) is 0 Å². The molecule has 0 unspecified atom stereocenters. The van der Waals surface area contributed by atoms with E-state index in [1.54, 1.807) is 0 Å². The Balaban J connectivity index is 3.40. The van der Waals surface area contributed by atoms with Gasteiger partial charge in [-0.3, -0.25) is 4.79 Å². The molecule has 0 amide bonds. The van der Waals surface area contributed by atoms with Crippen molar-refractivity contribution in [3.05, 3.63) is 22.3 Å². The van der Waals surface area contributed by atoms with Gasteiger partial charge >= 0.3 is 0 Å². The largest absolute Gasteiger partial charge is 0.294 e. The van der Waals surface area contributed by atoms with Gasteiger partial charge in [0.15, 0.2) is 5.78 Å². The van der Waals surface area contributed by atoms with Crippen molar-refractivity contribution in [2.24, 2.45) is 11.8 Å². The van der Waals surface area contributed by atoms with Gasteiger partial charge in [0.1, 0.15) is 0 Å². The van der Waals surface area contributed by atoms with E-state index in [4.69, 9.17) is 0 Å². The Kier molecular flexibility index (Phi) is 4.12. The number of hydrogen-bond acceptors (Lipinski definition) is 1. The molecule has 0 atom stereocenters. The van der Waals surface area contributed by atoms with Crippen LogP contribution in [0.3, 0.4) is 0 Å². The zero-order valence-electron chi connectivity index (χ0n) is 11.5. The van der Waals surface area contributed by atoms with E-state index >= 15 is 0 Å². The van der Waals surface area contributed by atoms with Gasteiger partial charge in [-0.05, 0) is 37.7 Å². The van der Waals surface area contributed by atoms with Crippen LogP contribution in [0.25, 0.3) is 0 Å². The third-order valence-electron chi connectivity index (χ3n) is 3.29. The third kappa shape index (κ3) is 2.45. The van der Waals surface area contributed by atoms with Crippen LogP contribution in [0.2, 0.25) is 0 Å². The van der Waals surface area contributed by atoms with Crippen LogP contribution in [-0.4, -0.2) is 5.78 Å². The maximum absolute atomic E-state index is 12.0. The standard InChI is InChI=1S/C15H24O/c1-9(2)12-7-8-13(16)15(11(5)6)14(12)10(3)4/h9-10H,7-8H2,1-6H3. The Labute approximate surface area is 99.6 Å². The Morgan fingerprint density at radius 1 is 1.00 bits per heavy atom. The van der Waals surface area contributed by atoms with E-state index in [1.165, 1.54) is 16.7 Å². The first-order chi connectivity index (χ1) is 7.36. The van der Waals surface area contributed by atoms with Gasteiger partial charge in [0.25, 0.3) is 0 Å². The van der Waals surface area contributed by atoms with E-state index in [1.807, 2.05) is 0 Å². The van der Waals surface area contributed by atoms with Gasteiger partial charge in [0.05, 0.1) is 0 Å². The molecule has 90 valence electrons. The molecule has 16 heavy (non-hydrogen) atoms. The van der Waals surface area contributed by atoms with Gasteiger partial charge < -0.3 is 0 Å². The zero-order chi connectivity index (χ0) is 12.5. The monoisotopic (exact) mass is 220 g/mol. The predicted octanol–water partition coefficient (Wildman–Crippen LogP) is 4.29. The topological polar surface area (TPSA) is 17.1 Å². The van der Waals surface area contributed by atoms with Crippen molar-refractivity contribution >= 4 is 5.78 Å². The van der Waals surface area contributed by atoms with Crippen LogP contribution >= 0.6 is 0 Å². The predicted molar refractivity (Wildman–Crippen MR) is 69.3 cm³/mol. The molecular weight excluding hydrogens is 196 g/mol. The number of hydrogen-bond donors (Lipinski definition) is 0.